The van der Waals surface area contributed by atoms with Gasteiger partial charge in [0.15, 0.2) is 0 Å². The largest absolute Gasteiger partial charge is 0.385 e. The minimum absolute atomic E-state index is 0.100. The summed E-state index contributed by atoms with van der Waals surface area (Å²) in [6.07, 6.45) is 7.87. The molecule has 0 fully saturated rings. The van der Waals surface area contributed by atoms with Crippen LogP contribution < -0.4 is 10.0 Å². The van der Waals surface area contributed by atoms with E-state index in [1.54, 1.807) is 7.11 Å². The number of benzene rings is 1. The van der Waals surface area contributed by atoms with Gasteiger partial charge in [0, 0.05) is 25.2 Å². The molecule has 0 spiro atoms. The molecule has 2 aliphatic carbocycles. The van der Waals surface area contributed by atoms with E-state index < -0.39 is 0 Å². The van der Waals surface area contributed by atoms with E-state index in [2.05, 4.69) is 16.1 Å². The van der Waals surface area contributed by atoms with Gasteiger partial charge in [0.2, 0.25) is 0 Å². The van der Waals surface area contributed by atoms with Crippen molar-refractivity contribution in [3.8, 4) is 0 Å². The van der Waals surface area contributed by atoms with Gasteiger partial charge in [0.05, 0.1) is 0 Å². The fourth-order valence-corrected chi connectivity index (χ4v) is 4.04. The number of hydrogen-bond acceptors (Lipinski definition) is 3. The van der Waals surface area contributed by atoms with Crippen molar-refractivity contribution in [3.63, 3.8) is 0 Å². The van der Waals surface area contributed by atoms with Crippen LogP contribution in [0.15, 0.2) is 6.07 Å². The van der Waals surface area contributed by atoms with Crippen molar-refractivity contribution in [2.24, 2.45) is 0 Å². The van der Waals surface area contributed by atoms with Crippen LogP contribution in [0.4, 0.5) is 10.5 Å². The lowest BCUT2D eigenvalue weighted by Gasteiger charge is -2.16. The van der Waals surface area contributed by atoms with Crippen molar-refractivity contribution in [2.75, 3.05) is 24.8 Å². The summed E-state index contributed by atoms with van der Waals surface area (Å²) in [5.41, 5.74) is 6.75. The number of hydrogen-bond donors (Lipinski definition) is 2. The van der Waals surface area contributed by atoms with E-state index >= 15 is 0 Å². The maximum Gasteiger partial charge on any atom is 0.329 e. The summed E-state index contributed by atoms with van der Waals surface area (Å²) in [6, 6.07) is 2.28. The zero-order valence-corrected chi connectivity index (χ0v) is 14.0. The lowest BCUT2D eigenvalue weighted by atomic mass is 9.99. The Balaban J connectivity index is 1.64. The Morgan fingerprint density at radius 1 is 1.18 bits per heavy atom. The summed E-state index contributed by atoms with van der Waals surface area (Å²) in [5.74, 6) is 0.867. The van der Waals surface area contributed by atoms with Crippen LogP contribution in [0.5, 0.6) is 0 Å². The summed E-state index contributed by atoms with van der Waals surface area (Å²) in [6.45, 7) is 0.732. The number of ether oxygens (including phenoxy) is 1. The third-order valence-electron chi connectivity index (χ3n) is 4.47. The SMILES string of the molecule is COCCCSNC(=O)Nc1c2c(cc3c1CCC3)CCC2. The van der Waals surface area contributed by atoms with Gasteiger partial charge in [-0.1, -0.05) is 6.07 Å². The van der Waals surface area contributed by atoms with E-state index in [-0.39, 0.29) is 6.03 Å². The van der Waals surface area contributed by atoms with E-state index in [1.165, 1.54) is 47.0 Å². The second-order valence-electron chi connectivity index (χ2n) is 5.99. The number of urea groups is 1. The Labute approximate surface area is 136 Å². The van der Waals surface area contributed by atoms with Crippen molar-refractivity contribution in [2.45, 2.75) is 44.9 Å². The zero-order valence-electron chi connectivity index (χ0n) is 13.2. The summed E-state index contributed by atoms with van der Waals surface area (Å²) < 4.78 is 7.89. The number of carbonyl (C=O) groups is 1. The Hall–Kier alpha value is -1.20. The first-order valence-corrected chi connectivity index (χ1v) is 9.12. The third-order valence-corrected chi connectivity index (χ3v) is 5.29. The van der Waals surface area contributed by atoms with Gasteiger partial charge in [0.25, 0.3) is 0 Å². The Morgan fingerprint density at radius 3 is 2.50 bits per heavy atom. The summed E-state index contributed by atoms with van der Waals surface area (Å²) in [5, 5.41) is 3.13. The van der Waals surface area contributed by atoms with E-state index in [0.29, 0.717) is 0 Å². The fraction of sp³-hybridized carbons (Fsp3) is 0.588. The highest BCUT2D eigenvalue weighted by Gasteiger charge is 2.24. The Kier molecular flexibility index (Phi) is 5.26. The summed E-state index contributed by atoms with van der Waals surface area (Å²) in [7, 11) is 1.70. The molecule has 2 amide bonds. The smallest absolute Gasteiger partial charge is 0.329 e. The number of aryl methyl sites for hydroxylation is 2. The third kappa shape index (κ3) is 3.41. The van der Waals surface area contributed by atoms with Crippen LogP contribution in [-0.4, -0.2) is 25.5 Å². The number of rotatable bonds is 6. The van der Waals surface area contributed by atoms with Crippen LogP contribution in [-0.2, 0) is 30.4 Å². The number of methoxy groups -OCH3 is 1. The maximum absolute atomic E-state index is 12.2. The first kappa shape index (κ1) is 15.7. The van der Waals surface area contributed by atoms with Gasteiger partial charge in [-0.2, -0.15) is 0 Å². The minimum atomic E-state index is -0.100. The number of amides is 2. The molecular formula is C17H24N2O2S. The molecule has 0 aliphatic heterocycles. The molecule has 1 aromatic rings. The predicted octanol–water partition coefficient (Wildman–Crippen LogP) is 3.47. The van der Waals surface area contributed by atoms with Gasteiger partial charge in [-0.3, -0.25) is 4.72 Å². The lowest BCUT2D eigenvalue weighted by Crippen LogP contribution is -2.24. The second kappa shape index (κ2) is 7.38. The normalized spacial score (nSPS) is 15.5. The molecule has 5 heteroatoms. The van der Waals surface area contributed by atoms with Gasteiger partial charge in [-0.15, -0.1) is 0 Å². The molecule has 3 rings (SSSR count). The number of carbonyl (C=O) groups excluding carboxylic acids is 1. The summed E-state index contributed by atoms with van der Waals surface area (Å²) >= 11 is 1.45. The zero-order chi connectivity index (χ0) is 15.4. The Morgan fingerprint density at radius 2 is 1.86 bits per heavy atom. The molecule has 0 aromatic heterocycles. The predicted molar refractivity (Wildman–Crippen MR) is 91.6 cm³/mol. The molecule has 0 saturated heterocycles. The average Bonchev–Trinajstić information content (AvgIpc) is 3.15. The van der Waals surface area contributed by atoms with Gasteiger partial charge in [-0.25, -0.2) is 4.79 Å². The molecule has 2 N–H and O–H groups in total. The first-order valence-electron chi connectivity index (χ1n) is 8.14. The molecule has 22 heavy (non-hydrogen) atoms. The van der Waals surface area contributed by atoms with E-state index in [4.69, 9.17) is 4.74 Å². The molecule has 120 valence electrons. The van der Waals surface area contributed by atoms with Crippen LogP contribution in [0.1, 0.15) is 41.5 Å². The molecule has 0 unspecified atom stereocenters. The molecule has 1 aromatic carbocycles. The van der Waals surface area contributed by atoms with Crippen molar-refractivity contribution in [3.05, 3.63) is 28.3 Å². The average molecular weight is 320 g/mol. The van der Waals surface area contributed by atoms with Gasteiger partial charge in [0.1, 0.15) is 0 Å². The fourth-order valence-electron chi connectivity index (χ4n) is 3.50. The monoisotopic (exact) mass is 320 g/mol. The molecule has 2 aliphatic rings. The van der Waals surface area contributed by atoms with Crippen molar-refractivity contribution < 1.29 is 9.53 Å². The van der Waals surface area contributed by atoms with Crippen molar-refractivity contribution in [1.29, 1.82) is 0 Å². The van der Waals surface area contributed by atoms with Crippen molar-refractivity contribution in [1.82, 2.24) is 4.72 Å². The minimum Gasteiger partial charge on any atom is -0.385 e. The topological polar surface area (TPSA) is 50.4 Å². The molecular weight excluding hydrogens is 296 g/mol. The molecule has 0 radical (unpaired) electrons. The van der Waals surface area contributed by atoms with Crippen LogP contribution in [0, 0.1) is 0 Å². The summed E-state index contributed by atoms with van der Waals surface area (Å²) in [4.78, 5) is 12.2. The van der Waals surface area contributed by atoms with E-state index in [1.807, 2.05) is 0 Å². The van der Waals surface area contributed by atoms with Gasteiger partial charge < -0.3 is 10.1 Å². The van der Waals surface area contributed by atoms with Crippen LogP contribution in [0.2, 0.25) is 0 Å². The highest BCUT2D eigenvalue weighted by atomic mass is 32.2. The van der Waals surface area contributed by atoms with Gasteiger partial charge in [-0.05, 0) is 79.1 Å². The quantitative estimate of drug-likeness (QED) is 0.623. The molecule has 0 atom stereocenters. The maximum atomic E-state index is 12.2. The first-order chi connectivity index (χ1) is 10.8. The second-order valence-corrected chi connectivity index (χ2v) is 6.89. The number of anilines is 1. The highest BCUT2D eigenvalue weighted by molar-refractivity contribution is 7.97. The number of nitrogens with one attached hydrogen (secondary N) is 2. The van der Waals surface area contributed by atoms with E-state index in [9.17, 15) is 4.79 Å². The highest BCUT2D eigenvalue weighted by Crippen LogP contribution is 2.38. The molecule has 4 nitrogen and oxygen atoms in total. The van der Waals surface area contributed by atoms with Crippen LogP contribution in [0.3, 0.4) is 0 Å². The van der Waals surface area contributed by atoms with Gasteiger partial charge >= 0.3 is 6.03 Å². The number of fused-ring (bicyclic) bond motifs is 2. The standard InChI is InChI=1S/C17H24N2O2S/c1-21-9-4-10-22-19-17(20)18-16-14-7-2-5-12(14)11-13-6-3-8-15(13)16/h11H,2-10H2,1H3,(H2,18,19,20). The molecule has 0 bridgehead atoms. The molecule has 0 heterocycles. The lowest BCUT2D eigenvalue weighted by molar-refractivity contribution is 0.200. The molecule has 0 saturated carbocycles. The van der Waals surface area contributed by atoms with E-state index in [0.717, 1.165) is 50.2 Å². The van der Waals surface area contributed by atoms with Crippen LogP contribution in [0.25, 0.3) is 0 Å². The van der Waals surface area contributed by atoms with Crippen molar-refractivity contribution >= 4 is 23.7 Å². The van der Waals surface area contributed by atoms with Crippen LogP contribution >= 0.6 is 11.9 Å². The Bertz CT molecular complexity index is 528.